The van der Waals surface area contributed by atoms with Gasteiger partial charge in [-0.15, -0.1) is 0 Å². The van der Waals surface area contributed by atoms with Gasteiger partial charge in [0, 0.05) is 12.1 Å². The topological polar surface area (TPSA) is 41.1 Å². The second-order valence-corrected chi connectivity index (χ2v) is 5.82. The Bertz CT molecular complexity index is 222. The number of carbonyl (C=O) groups is 1. The van der Waals surface area contributed by atoms with Gasteiger partial charge in [0.05, 0.1) is 0 Å². The predicted octanol–water partition coefficient (Wildman–Crippen LogP) is 3.44. The minimum Gasteiger partial charge on any atom is -0.336 e. The van der Waals surface area contributed by atoms with Crippen LogP contribution in [0.5, 0.6) is 0 Å². The van der Waals surface area contributed by atoms with Crippen molar-refractivity contribution in [3.8, 4) is 0 Å². The molecule has 0 saturated heterocycles. The first-order valence-electron chi connectivity index (χ1n) is 7.15. The van der Waals surface area contributed by atoms with Crippen LogP contribution >= 0.6 is 0 Å². The molecule has 1 rings (SSSR count). The molecule has 0 bridgehead atoms. The predicted molar refractivity (Wildman–Crippen MR) is 72.1 cm³/mol. The van der Waals surface area contributed by atoms with Crippen molar-refractivity contribution in [1.82, 2.24) is 10.6 Å². The standard InChI is InChI=1S/C14H28N2O/c1-11(2)9-10-12(3)15-14(17)16-13-7-5-4-6-8-13/h11-13H,4-10H2,1-3H3,(H2,15,16,17). The van der Waals surface area contributed by atoms with Crippen LogP contribution in [-0.2, 0) is 0 Å². The summed E-state index contributed by atoms with van der Waals surface area (Å²) >= 11 is 0. The van der Waals surface area contributed by atoms with E-state index >= 15 is 0 Å². The Kier molecular flexibility index (Phi) is 6.38. The van der Waals surface area contributed by atoms with E-state index in [9.17, 15) is 4.79 Å². The molecule has 100 valence electrons. The molecule has 0 aliphatic heterocycles. The van der Waals surface area contributed by atoms with Crippen molar-refractivity contribution in [2.24, 2.45) is 5.92 Å². The molecule has 1 aliphatic carbocycles. The van der Waals surface area contributed by atoms with Crippen LogP contribution in [0.3, 0.4) is 0 Å². The molecule has 3 heteroatoms. The molecule has 2 N–H and O–H groups in total. The lowest BCUT2D eigenvalue weighted by molar-refractivity contribution is 0.228. The zero-order chi connectivity index (χ0) is 12.7. The third-order valence-electron chi connectivity index (χ3n) is 3.49. The van der Waals surface area contributed by atoms with E-state index in [0.29, 0.717) is 12.0 Å². The smallest absolute Gasteiger partial charge is 0.315 e. The summed E-state index contributed by atoms with van der Waals surface area (Å²) in [5, 5.41) is 6.12. The average molecular weight is 240 g/mol. The highest BCUT2D eigenvalue weighted by atomic mass is 16.2. The van der Waals surface area contributed by atoms with Crippen LogP contribution in [0.25, 0.3) is 0 Å². The molecule has 17 heavy (non-hydrogen) atoms. The van der Waals surface area contributed by atoms with Crippen LogP contribution in [0, 0.1) is 5.92 Å². The Labute approximate surface area is 106 Å². The van der Waals surface area contributed by atoms with E-state index in [1.54, 1.807) is 0 Å². The summed E-state index contributed by atoms with van der Waals surface area (Å²) in [6.07, 6.45) is 8.37. The monoisotopic (exact) mass is 240 g/mol. The number of amides is 2. The number of nitrogens with one attached hydrogen (secondary N) is 2. The van der Waals surface area contributed by atoms with Crippen LogP contribution in [-0.4, -0.2) is 18.1 Å². The van der Waals surface area contributed by atoms with E-state index in [0.717, 1.165) is 19.3 Å². The van der Waals surface area contributed by atoms with Gasteiger partial charge in [-0.1, -0.05) is 33.1 Å². The van der Waals surface area contributed by atoms with Crippen molar-refractivity contribution in [2.75, 3.05) is 0 Å². The first-order valence-corrected chi connectivity index (χ1v) is 7.15. The first-order chi connectivity index (χ1) is 8.08. The summed E-state index contributed by atoms with van der Waals surface area (Å²) in [5.41, 5.74) is 0. The van der Waals surface area contributed by atoms with Crippen LogP contribution in [0.2, 0.25) is 0 Å². The fourth-order valence-corrected chi connectivity index (χ4v) is 2.35. The van der Waals surface area contributed by atoms with Gasteiger partial charge in [-0.05, 0) is 38.5 Å². The highest BCUT2D eigenvalue weighted by molar-refractivity contribution is 5.74. The molecular formula is C14H28N2O. The van der Waals surface area contributed by atoms with E-state index in [4.69, 9.17) is 0 Å². The summed E-state index contributed by atoms with van der Waals surface area (Å²) in [6, 6.07) is 0.704. The Balaban J connectivity index is 2.14. The third-order valence-corrected chi connectivity index (χ3v) is 3.49. The molecule has 1 atom stereocenters. The lowest BCUT2D eigenvalue weighted by atomic mass is 9.96. The van der Waals surface area contributed by atoms with Crippen molar-refractivity contribution < 1.29 is 4.79 Å². The summed E-state index contributed by atoms with van der Waals surface area (Å²) in [4.78, 5) is 11.7. The molecule has 0 aromatic rings. The average Bonchev–Trinajstić information content (AvgIpc) is 2.27. The number of hydrogen-bond acceptors (Lipinski definition) is 1. The van der Waals surface area contributed by atoms with Gasteiger partial charge >= 0.3 is 6.03 Å². The van der Waals surface area contributed by atoms with Gasteiger partial charge in [-0.3, -0.25) is 0 Å². The molecule has 2 amide bonds. The molecule has 0 aromatic carbocycles. The number of hydrogen-bond donors (Lipinski definition) is 2. The molecule has 1 unspecified atom stereocenters. The van der Waals surface area contributed by atoms with Gasteiger partial charge in [-0.25, -0.2) is 4.79 Å². The van der Waals surface area contributed by atoms with E-state index in [-0.39, 0.29) is 12.1 Å². The van der Waals surface area contributed by atoms with Crippen molar-refractivity contribution in [1.29, 1.82) is 0 Å². The Morgan fingerprint density at radius 3 is 2.35 bits per heavy atom. The zero-order valence-electron chi connectivity index (χ0n) is 11.6. The molecule has 3 nitrogen and oxygen atoms in total. The van der Waals surface area contributed by atoms with Gasteiger partial charge in [0.25, 0.3) is 0 Å². The van der Waals surface area contributed by atoms with Crippen molar-refractivity contribution in [3.05, 3.63) is 0 Å². The highest BCUT2D eigenvalue weighted by Gasteiger charge is 2.16. The molecule has 0 radical (unpaired) electrons. The number of urea groups is 1. The molecule has 1 fully saturated rings. The summed E-state index contributed by atoms with van der Waals surface area (Å²) in [5.74, 6) is 0.709. The van der Waals surface area contributed by atoms with Gasteiger partial charge < -0.3 is 10.6 Å². The number of rotatable bonds is 5. The summed E-state index contributed by atoms with van der Waals surface area (Å²) in [7, 11) is 0. The SMILES string of the molecule is CC(C)CCC(C)NC(=O)NC1CCCCC1. The van der Waals surface area contributed by atoms with Gasteiger partial charge in [0.2, 0.25) is 0 Å². The maximum atomic E-state index is 11.7. The number of carbonyl (C=O) groups excluding carboxylic acids is 1. The fourth-order valence-electron chi connectivity index (χ4n) is 2.35. The van der Waals surface area contributed by atoms with Gasteiger partial charge in [0.1, 0.15) is 0 Å². The van der Waals surface area contributed by atoms with Gasteiger partial charge in [-0.2, -0.15) is 0 Å². The zero-order valence-corrected chi connectivity index (χ0v) is 11.6. The summed E-state index contributed by atoms with van der Waals surface area (Å²) < 4.78 is 0. The molecule has 0 heterocycles. The van der Waals surface area contributed by atoms with E-state index in [1.165, 1.54) is 25.7 Å². The lowest BCUT2D eigenvalue weighted by Crippen LogP contribution is -2.46. The van der Waals surface area contributed by atoms with Crippen molar-refractivity contribution in [2.45, 2.75) is 77.8 Å². The maximum absolute atomic E-state index is 11.7. The van der Waals surface area contributed by atoms with E-state index in [2.05, 4.69) is 31.4 Å². The largest absolute Gasteiger partial charge is 0.336 e. The molecule has 1 saturated carbocycles. The Morgan fingerprint density at radius 2 is 1.76 bits per heavy atom. The van der Waals surface area contributed by atoms with Crippen molar-refractivity contribution in [3.63, 3.8) is 0 Å². The van der Waals surface area contributed by atoms with Crippen molar-refractivity contribution >= 4 is 6.03 Å². The second-order valence-electron chi connectivity index (χ2n) is 5.82. The molecular weight excluding hydrogens is 212 g/mol. The van der Waals surface area contributed by atoms with E-state index in [1.807, 2.05) is 0 Å². The van der Waals surface area contributed by atoms with Crippen LogP contribution in [0.15, 0.2) is 0 Å². The van der Waals surface area contributed by atoms with E-state index < -0.39 is 0 Å². The lowest BCUT2D eigenvalue weighted by Gasteiger charge is -2.24. The molecule has 1 aliphatic rings. The van der Waals surface area contributed by atoms with Crippen LogP contribution in [0.1, 0.15) is 65.7 Å². The quantitative estimate of drug-likeness (QED) is 0.759. The molecule has 0 spiro atoms. The minimum absolute atomic E-state index is 0.0214. The minimum atomic E-state index is 0.0214. The normalized spacial score (nSPS) is 19.1. The summed E-state index contributed by atoms with van der Waals surface area (Å²) in [6.45, 7) is 6.52. The van der Waals surface area contributed by atoms with Crippen LogP contribution < -0.4 is 10.6 Å². The highest BCUT2D eigenvalue weighted by Crippen LogP contribution is 2.17. The van der Waals surface area contributed by atoms with Crippen LogP contribution in [0.4, 0.5) is 4.79 Å². The fraction of sp³-hybridized carbons (Fsp3) is 0.929. The first kappa shape index (κ1) is 14.3. The second kappa shape index (κ2) is 7.57. The maximum Gasteiger partial charge on any atom is 0.315 e. The Hall–Kier alpha value is -0.730. The Morgan fingerprint density at radius 1 is 1.12 bits per heavy atom. The van der Waals surface area contributed by atoms with Gasteiger partial charge in [0.15, 0.2) is 0 Å². The molecule has 0 aromatic heterocycles. The third kappa shape index (κ3) is 6.54.